The van der Waals surface area contributed by atoms with Crippen molar-refractivity contribution in [3.8, 4) is 0 Å². The summed E-state index contributed by atoms with van der Waals surface area (Å²) in [5.41, 5.74) is 7.68. The van der Waals surface area contributed by atoms with Crippen LogP contribution in [0.15, 0.2) is 30.3 Å². The molecule has 1 aromatic carbocycles. The zero-order chi connectivity index (χ0) is 13.8. The van der Waals surface area contributed by atoms with Gasteiger partial charge < -0.3 is 5.73 Å². The molecule has 0 amide bonds. The molecule has 1 aromatic rings. The molecule has 4 atom stereocenters. The molecule has 0 aliphatic carbocycles. The Hall–Kier alpha value is -0.860. The molecule has 1 saturated heterocycles. The molecule has 2 nitrogen and oxygen atoms in total. The quantitative estimate of drug-likeness (QED) is 0.896. The zero-order valence-corrected chi connectivity index (χ0v) is 12.5. The molecule has 1 aliphatic rings. The van der Waals surface area contributed by atoms with E-state index in [1.165, 1.54) is 24.8 Å². The van der Waals surface area contributed by atoms with Crippen LogP contribution >= 0.6 is 0 Å². The number of piperidine rings is 1. The molecule has 0 spiro atoms. The Labute approximate surface area is 118 Å². The summed E-state index contributed by atoms with van der Waals surface area (Å²) >= 11 is 0. The first-order valence-electron chi connectivity index (χ1n) is 7.66. The van der Waals surface area contributed by atoms with E-state index in [9.17, 15) is 0 Å². The van der Waals surface area contributed by atoms with E-state index < -0.39 is 0 Å². The van der Waals surface area contributed by atoms with E-state index in [1.807, 2.05) is 0 Å². The molecule has 0 aromatic heterocycles. The lowest BCUT2D eigenvalue weighted by Gasteiger charge is -2.41. The van der Waals surface area contributed by atoms with Crippen molar-refractivity contribution in [1.29, 1.82) is 0 Å². The van der Waals surface area contributed by atoms with Crippen LogP contribution in [0.3, 0.4) is 0 Å². The summed E-state index contributed by atoms with van der Waals surface area (Å²) in [7, 11) is 0. The molecule has 2 N–H and O–H groups in total. The highest BCUT2D eigenvalue weighted by Crippen LogP contribution is 2.27. The smallest absolute Gasteiger partial charge is 0.0333 e. The lowest BCUT2D eigenvalue weighted by atomic mass is 9.91. The summed E-state index contributed by atoms with van der Waals surface area (Å²) < 4.78 is 0. The van der Waals surface area contributed by atoms with Gasteiger partial charge in [0.05, 0.1) is 0 Å². The molecule has 106 valence electrons. The lowest BCUT2D eigenvalue weighted by Crippen LogP contribution is -2.47. The Balaban J connectivity index is 1.98. The minimum Gasteiger partial charge on any atom is -0.324 e. The van der Waals surface area contributed by atoms with Crippen LogP contribution in [0.1, 0.15) is 51.6 Å². The Kier molecular flexibility index (Phi) is 5.00. The van der Waals surface area contributed by atoms with E-state index >= 15 is 0 Å². The van der Waals surface area contributed by atoms with Gasteiger partial charge in [0.15, 0.2) is 0 Å². The molecule has 1 fully saturated rings. The van der Waals surface area contributed by atoms with Crippen LogP contribution in [0, 0.1) is 5.92 Å². The highest BCUT2D eigenvalue weighted by Gasteiger charge is 2.27. The minimum atomic E-state index is 0.141. The fourth-order valence-electron chi connectivity index (χ4n) is 3.28. The average Bonchev–Trinajstić information content (AvgIpc) is 2.43. The normalized spacial score (nSPS) is 28.0. The van der Waals surface area contributed by atoms with Gasteiger partial charge in [-0.15, -0.1) is 0 Å². The number of benzene rings is 1. The van der Waals surface area contributed by atoms with Crippen LogP contribution in [0.5, 0.6) is 0 Å². The third-order valence-corrected chi connectivity index (χ3v) is 4.67. The van der Waals surface area contributed by atoms with Crippen molar-refractivity contribution in [3.05, 3.63) is 35.9 Å². The number of rotatable bonds is 4. The first-order valence-corrected chi connectivity index (χ1v) is 7.66. The SMILES string of the molecule is CC(CN1[C@H](C)CCC[C@@H]1C)C(N)c1ccccc1. The van der Waals surface area contributed by atoms with Crippen LogP contribution in [-0.4, -0.2) is 23.5 Å². The second-order valence-corrected chi connectivity index (χ2v) is 6.24. The maximum absolute atomic E-state index is 6.42. The summed E-state index contributed by atoms with van der Waals surface area (Å²) in [4.78, 5) is 2.65. The van der Waals surface area contributed by atoms with Gasteiger partial charge in [0, 0.05) is 24.7 Å². The molecule has 0 saturated carbocycles. The maximum atomic E-state index is 6.42. The van der Waals surface area contributed by atoms with Crippen molar-refractivity contribution in [2.24, 2.45) is 11.7 Å². The first kappa shape index (κ1) is 14.5. The lowest BCUT2D eigenvalue weighted by molar-refractivity contribution is 0.0820. The van der Waals surface area contributed by atoms with E-state index in [4.69, 9.17) is 5.73 Å². The van der Waals surface area contributed by atoms with E-state index in [0.717, 1.165) is 6.54 Å². The predicted octanol–water partition coefficient (Wildman–Crippen LogP) is 3.59. The predicted molar refractivity (Wildman–Crippen MR) is 82.0 cm³/mol. The highest BCUT2D eigenvalue weighted by atomic mass is 15.2. The van der Waals surface area contributed by atoms with Gasteiger partial charge in [-0.2, -0.15) is 0 Å². The van der Waals surface area contributed by atoms with Crippen LogP contribution in [0.25, 0.3) is 0 Å². The van der Waals surface area contributed by atoms with E-state index in [0.29, 0.717) is 18.0 Å². The van der Waals surface area contributed by atoms with E-state index in [2.05, 4.69) is 56.0 Å². The molecule has 0 bridgehead atoms. The van der Waals surface area contributed by atoms with Gasteiger partial charge in [-0.25, -0.2) is 0 Å². The third-order valence-electron chi connectivity index (χ3n) is 4.67. The largest absolute Gasteiger partial charge is 0.324 e. The molecule has 19 heavy (non-hydrogen) atoms. The summed E-state index contributed by atoms with van der Waals surface area (Å²) in [5, 5.41) is 0. The van der Waals surface area contributed by atoms with Gasteiger partial charge in [-0.05, 0) is 38.2 Å². The fraction of sp³-hybridized carbons (Fsp3) is 0.647. The van der Waals surface area contributed by atoms with E-state index in [1.54, 1.807) is 0 Å². The molecule has 2 unspecified atom stereocenters. The third kappa shape index (κ3) is 3.58. The Morgan fingerprint density at radius 2 is 1.74 bits per heavy atom. The average molecular weight is 260 g/mol. The second kappa shape index (κ2) is 6.53. The van der Waals surface area contributed by atoms with Crippen molar-refractivity contribution in [2.75, 3.05) is 6.54 Å². The molecule has 2 heteroatoms. The standard InChI is InChI=1S/C17H28N2/c1-13(17(18)16-10-5-4-6-11-16)12-19-14(2)8-7-9-15(19)3/h4-6,10-11,13-15,17H,7-9,12,18H2,1-3H3/t13?,14-,15+,17?. The Morgan fingerprint density at radius 1 is 1.16 bits per heavy atom. The summed E-state index contributed by atoms with van der Waals surface area (Å²) in [6.45, 7) is 8.11. The van der Waals surface area contributed by atoms with Crippen LogP contribution in [-0.2, 0) is 0 Å². The fourth-order valence-corrected chi connectivity index (χ4v) is 3.28. The minimum absolute atomic E-state index is 0.141. The van der Waals surface area contributed by atoms with Crippen molar-refractivity contribution < 1.29 is 0 Å². The van der Waals surface area contributed by atoms with Gasteiger partial charge in [-0.1, -0.05) is 43.7 Å². The molecule has 1 aliphatic heterocycles. The van der Waals surface area contributed by atoms with Gasteiger partial charge in [0.1, 0.15) is 0 Å². The molecule has 1 heterocycles. The molecular formula is C17H28N2. The van der Waals surface area contributed by atoms with E-state index in [-0.39, 0.29) is 6.04 Å². The number of nitrogens with zero attached hydrogens (tertiary/aromatic N) is 1. The van der Waals surface area contributed by atoms with Gasteiger partial charge >= 0.3 is 0 Å². The van der Waals surface area contributed by atoms with Crippen molar-refractivity contribution in [2.45, 2.75) is 58.2 Å². The Bertz CT molecular complexity index is 366. The highest BCUT2D eigenvalue weighted by molar-refractivity contribution is 5.19. The summed E-state index contributed by atoms with van der Waals surface area (Å²) in [6.07, 6.45) is 4.03. The zero-order valence-electron chi connectivity index (χ0n) is 12.5. The summed E-state index contributed by atoms with van der Waals surface area (Å²) in [5.74, 6) is 0.491. The first-order chi connectivity index (χ1) is 9.09. The monoisotopic (exact) mass is 260 g/mol. The van der Waals surface area contributed by atoms with Crippen molar-refractivity contribution in [3.63, 3.8) is 0 Å². The maximum Gasteiger partial charge on any atom is 0.0333 e. The van der Waals surface area contributed by atoms with Crippen LogP contribution < -0.4 is 5.73 Å². The number of hydrogen-bond donors (Lipinski definition) is 1. The summed E-state index contributed by atoms with van der Waals surface area (Å²) in [6, 6.07) is 12.0. The number of hydrogen-bond acceptors (Lipinski definition) is 2. The van der Waals surface area contributed by atoms with Gasteiger partial charge in [-0.3, -0.25) is 4.90 Å². The van der Waals surface area contributed by atoms with Gasteiger partial charge in [0.2, 0.25) is 0 Å². The second-order valence-electron chi connectivity index (χ2n) is 6.24. The van der Waals surface area contributed by atoms with Crippen molar-refractivity contribution >= 4 is 0 Å². The topological polar surface area (TPSA) is 29.3 Å². The van der Waals surface area contributed by atoms with Crippen LogP contribution in [0.4, 0.5) is 0 Å². The molecule has 2 rings (SSSR count). The van der Waals surface area contributed by atoms with Crippen molar-refractivity contribution in [1.82, 2.24) is 4.90 Å². The number of nitrogens with two attached hydrogens (primary N) is 1. The molecular weight excluding hydrogens is 232 g/mol. The van der Waals surface area contributed by atoms with Gasteiger partial charge in [0.25, 0.3) is 0 Å². The van der Waals surface area contributed by atoms with Crippen LogP contribution in [0.2, 0.25) is 0 Å². The molecule has 0 radical (unpaired) electrons. The number of likely N-dealkylation sites (tertiary alicyclic amines) is 1. The Morgan fingerprint density at radius 3 is 2.32 bits per heavy atom.